The fraction of sp³-hybridized carbons (Fsp3) is 0.562. The van der Waals surface area contributed by atoms with Gasteiger partial charge in [0.1, 0.15) is 11.3 Å². The second-order valence-corrected chi connectivity index (χ2v) is 5.25. The van der Waals surface area contributed by atoms with Crippen molar-refractivity contribution < 1.29 is 4.74 Å². The fourth-order valence-corrected chi connectivity index (χ4v) is 1.99. The summed E-state index contributed by atoms with van der Waals surface area (Å²) in [5.74, 6) is 0.865. The zero-order valence-corrected chi connectivity index (χ0v) is 12.4. The number of hydrogen-bond donors (Lipinski definition) is 1. The third kappa shape index (κ3) is 4.92. The highest BCUT2D eigenvalue weighted by atomic mass is 16.5. The van der Waals surface area contributed by atoms with Gasteiger partial charge in [-0.15, -0.1) is 0 Å². The maximum absolute atomic E-state index is 9.36. The van der Waals surface area contributed by atoms with Crippen molar-refractivity contribution in [2.45, 2.75) is 51.6 Å². The van der Waals surface area contributed by atoms with Crippen LogP contribution >= 0.6 is 0 Å². The molecule has 1 N–H and O–H groups in total. The number of nitrogens with zero attached hydrogens (tertiary/aromatic N) is 1. The van der Waals surface area contributed by atoms with Gasteiger partial charge in [-0.3, -0.25) is 5.32 Å². The molecule has 0 spiro atoms. The lowest BCUT2D eigenvalue weighted by Gasteiger charge is -2.27. The van der Waals surface area contributed by atoms with Gasteiger partial charge in [0, 0.05) is 6.04 Å². The molecule has 1 aromatic rings. The lowest BCUT2D eigenvalue weighted by Crippen LogP contribution is -2.46. The van der Waals surface area contributed by atoms with E-state index in [9.17, 15) is 5.26 Å². The van der Waals surface area contributed by atoms with Gasteiger partial charge in [0.15, 0.2) is 0 Å². The van der Waals surface area contributed by atoms with Gasteiger partial charge in [0.25, 0.3) is 0 Å². The topological polar surface area (TPSA) is 45.0 Å². The Kier molecular flexibility index (Phi) is 5.85. The molecule has 104 valence electrons. The van der Waals surface area contributed by atoms with E-state index in [1.165, 1.54) is 5.56 Å². The minimum atomic E-state index is -0.463. The molecule has 0 aromatic heterocycles. The van der Waals surface area contributed by atoms with E-state index in [1.54, 1.807) is 7.11 Å². The summed E-state index contributed by atoms with van der Waals surface area (Å²) in [6, 6.07) is 10.8. The molecule has 0 radical (unpaired) electrons. The zero-order valence-electron chi connectivity index (χ0n) is 12.4. The van der Waals surface area contributed by atoms with Gasteiger partial charge in [0.2, 0.25) is 0 Å². The molecule has 0 saturated heterocycles. The number of rotatable bonds is 7. The van der Waals surface area contributed by atoms with Crippen LogP contribution in [0.25, 0.3) is 0 Å². The van der Waals surface area contributed by atoms with Crippen LogP contribution < -0.4 is 10.1 Å². The average Bonchev–Trinajstić information content (AvgIpc) is 2.45. The molecule has 2 atom stereocenters. The predicted octanol–water partition coefficient (Wildman–Crippen LogP) is 3.30. The normalized spacial score (nSPS) is 15.3. The number of nitriles is 1. The molecule has 3 nitrogen and oxygen atoms in total. The highest BCUT2D eigenvalue weighted by Gasteiger charge is 2.24. The molecule has 0 aliphatic carbocycles. The lowest BCUT2D eigenvalue weighted by atomic mass is 9.93. The molecule has 3 heteroatoms. The molecule has 2 unspecified atom stereocenters. The Morgan fingerprint density at radius 1 is 1.37 bits per heavy atom. The van der Waals surface area contributed by atoms with Gasteiger partial charge >= 0.3 is 0 Å². The quantitative estimate of drug-likeness (QED) is 0.818. The highest BCUT2D eigenvalue weighted by Crippen LogP contribution is 2.17. The van der Waals surface area contributed by atoms with Crippen molar-refractivity contribution in [3.05, 3.63) is 29.8 Å². The summed E-state index contributed by atoms with van der Waals surface area (Å²) < 4.78 is 5.14. The number of methoxy groups -OCH3 is 1. The Morgan fingerprint density at radius 3 is 2.47 bits per heavy atom. The van der Waals surface area contributed by atoms with Gasteiger partial charge in [-0.05, 0) is 50.8 Å². The molecule has 19 heavy (non-hydrogen) atoms. The zero-order chi connectivity index (χ0) is 14.3. The molecule has 0 saturated carbocycles. The van der Waals surface area contributed by atoms with Crippen LogP contribution in [0.3, 0.4) is 0 Å². The van der Waals surface area contributed by atoms with Crippen LogP contribution in [0.2, 0.25) is 0 Å². The van der Waals surface area contributed by atoms with E-state index < -0.39 is 5.54 Å². The molecule has 0 fully saturated rings. The first-order chi connectivity index (χ1) is 9.03. The molecular weight excluding hydrogens is 236 g/mol. The van der Waals surface area contributed by atoms with E-state index in [0.717, 1.165) is 25.0 Å². The number of hydrogen-bond acceptors (Lipinski definition) is 3. The Labute approximate surface area is 116 Å². The maximum atomic E-state index is 9.36. The van der Waals surface area contributed by atoms with E-state index >= 15 is 0 Å². The second-order valence-electron chi connectivity index (χ2n) is 5.25. The first-order valence-corrected chi connectivity index (χ1v) is 6.85. The Hall–Kier alpha value is -1.53. The third-order valence-corrected chi connectivity index (χ3v) is 3.50. The summed E-state index contributed by atoms with van der Waals surface area (Å²) in [6.07, 6.45) is 2.72. The molecule has 1 rings (SSSR count). The van der Waals surface area contributed by atoms with E-state index in [1.807, 2.05) is 19.1 Å². The largest absolute Gasteiger partial charge is 0.497 e. The van der Waals surface area contributed by atoms with Crippen LogP contribution in [0.1, 0.15) is 39.2 Å². The molecule has 0 aliphatic rings. The van der Waals surface area contributed by atoms with E-state index in [-0.39, 0.29) is 0 Å². The molecular formula is C16H24N2O. The lowest BCUT2D eigenvalue weighted by molar-refractivity contribution is 0.364. The first-order valence-electron chi connectivity index (χ1n) is 6.85. The van der Waals surface area contributed by atoms with Crippen molar-refractivity contribution in [2.75, 3.05) is 7.11 Å². The van der Waals surface area contributed by atoms with Gasteiger partial charge in [-0.25, -0.2) is 0 Å². The highest BCUT2D eigenvalue weighted by molar-refractivity contribution is 5.27. The van der Waals surface area contributed by atoms with Gasteiger partial charge in [-0.1, -0.05) is 19.1 Å². The molecule has 0 bridgehead atoms. The van der Waals surface area contributed by atoms with Gasteiger partial charge in [-0.2, -0.15) is 5.26 Å². The second kappa shape index (κ2) is 7.16. The van der Waals surface area contributed by atoms with Crippen molar-refractivity contribution in [3.63, 3.8) is 0 Å². The Balaban J connectivity index is 2.59. The molecule has 1 aromatic carbocycles. The standard InChI is InChI=1S/C16H24N2O/c1-5-13(2)18-16(3,12-17)11-10-14-6-8-15(19-4)9-7-14/h6-9,13,18H,5,10-11H2,1-4H3. The fourth-order valence-electron chi connectivity index (χ4n) is 1.99. The summed E-state index contributed by atoms with van der Waals surface area (Å²) in [5.41, 5.74) is 0.767. The summed E-state index contributed by atoms with van der Waals surface area (Å²) in [6.45, 7) is 6.21. The van der Waals surface area contributed by atoms with Crippen LogP contribution in [0, 0.1) is 11.3 Å². The van der Waals surface area contributed by atoms with Crippen molar-refractivity contribution in [2.24, 2.45) is 0 Å². The van der Waals surface area contributed by atoms with Crippen LogP contribution in [0.15, 0.2) is 24.3 Å². The molecule has 0 amide bonds. The minimum Gasteiger partial charge on any atom is -0.497 e. The smallest absolute Gasteiger partial charge is 0.118 e. The van der Waals surface area contributed by atoms with Crippen LogP contribution in [-0.2, 0) is 6.42 Å². The van der Waals surface area contributed by atoms with Crippen molar-refractivity contribution in [1.82, 2.24) is 5.32 Å². The molecule has 0 aliphatic heterocycles. The van der Waals surface area contributed by atoms with E-state index in [4.69, 9.17) is 4.74 Å². The molecule has 0 heterocycles. The SMILES string of the molecule is CCC(C)NC(C)(C#N)CCc1ccc(OC)cc1. The Morgan fingerprint density at radius 2 is 2.00 bits per heavy atom. The van der Waals surface area contributed by atoms with Crippen molar-refractivity contribution >= 4 is 0 Å². The van der Waals surface area contributed by atoms with Crippen molar-refractivity contribution in [3.8, 4) is 11.8 Å². The Bertz CT molecular complexity index is 421. The third-order valence-electron chi connectivity index (χ3n) is 3.50. The number of ether oxygens (including phenoxy) is 1. The number of aryl methyl sites for hydroxylation is 1. The van der Waals surface area contributed by atoms with Crippen molar-refractivity contribution in [1.29, 1.82) is 5.26 Å². The van der Waals surface area contributed by atoms with Crippen LogP contribution in [0.4, 0.5) is 0 Å². The first kappa shape index (κ1) is 15.5. The number of benzene rings is 1. The maximum Gasteiger partial charge on any atom is 0.118 e. The van der Waals surface area contributed by atoms with Gasteiger partial charge in [0.05, 0.1) is 13.2 Å². The number of nitrogens with one attached hydrogen (secondary N) is 1. The predicted molar refractivity (Wildman–Crippen MR) is 78.2 cm³/mol. The van der Waals surface area contributed by atoms with Crippen LogP contribution in [0.5, 0.6) is 5.75 Å². The summed E-state index contributed by atoms with van der Waals surface area (Å²) in [5, 5.41) is 12.8. The summed E-state index contributed by atoms with van der Waals surface area (Å²) in [7, 11) is 1.66. The minimum absolute atomic E-state index is 0.362. The monoisotopic (exact) mass is 260 g/mol. The van der Waals surface area contributed by atoms with E-state index in [0.29, 0.717) is 6.04 Å². The average molecular weight is 260 g/mol. The van der Waals surface area contributed by atoms with Gasteiger partial charge < -0.3 is 4.74 Å². The summed E-state index contributed by atoms with van der Waals surface area (Å²) >= 11 is 0. The van der Waals surface area contributed by atoms with E-state index in [2.05, 4.69) is 37.4 Å². The summed E-state index contributed by atoms with van der Waals surface area (Å²) in [4.78, 5) is 0. The van der Waals surface area contributed by atoms with Crippen LogP contribution in [-0.4, -0.2) is 18.7 Å².